The van der Waals surface area contributed by atoms with Crippen LogP contribution in [0.1, 0.15) is 56.9 Å². The van der Waals surface area contributed by atoms with Gasteiger partial charge in [0.15, 0.2) is 5.82 Å². The molecule has 0 spiro atoms. The first-order valence-electron chi connectivity index (χ1n) is 8.04. The van der Waals surface area contributed by atoms with Gasteiger partial charge in [-0.3, -0.25) is 0 Å². The van der Waals surface area contributed by atoms with E-state index in [2.05, 4.69) is 32.7 Å². The predicted octanol–water partition coefficient (Wildman–Crippen LogP) is 4.49. The van der Waals surface area contributed by atoms with Crippen molar-refractivity contribution in [2.75, 3.05) is 0 Å². The molecule has 0 saturated heterocycles. The second-order valence-electron chi connectivity index (χ2n) is 7.43. The average molecular weight is 296 g/mol. The standard InChI is InChI=1S/C19H24N2O/c1-12(2)15-6-5-13(9-17(15)22)18-20-11-14-7-8-19(3,4)10-16(14)21-18/h5-6,9,11-12,22H,7-8,10H2,1-4H3. The third-order valence-corrected chi connectivity index (χ3v) is 4.58. The molecule has 22 heavy (non-hydrogen) atoms. The van der Waals surface area contributed by atoms with Crippen LogP contribution >= 0.6 is 0 Å². The Morgan fingerprint density at radius 3 is 2.68 bits per heavy atom. The van der Waals surface area contributed by atoms with Gasteiger partial charge in [0.1, 0.15) is 5.75 Å². The molecule has 3 nitrogen and oxygen atoms in total. The summed E-state index contributed by atoms with van der Waals surface area (Å²) in [6.45, 7) is 8.74. The molecule has 1 heterocycles. The monoisotopic (exact) mass is 296 g/mol. The summed E-state index contributed by atoms with van der Waals surface area (Å²) in [6, 6.07) is 5.76. The third-order valence-electron chi connectivity index (χ3n) is 4.58. The minimum atomic E-state index is 0.305. The number of aryl methyl sites for hydroxylation is 1. The van der Waals surface area contributed by atoms with Crippen molar-refractivity contribution in [2.45, 2.75) is 52.9 Å². The minimum absolute atomic E-state index is 0.305. The van der Waals surface area contributed by atoms with Gasteiger partial charge in [-0.2, -0.15) is 0 Å². The van der Waals surface area contributed by atoms with Gasteiger partial charge in [0.2, 0.25) is 0 Å². The van der Waals surface area contributed by atoms with Crippen LogP contribution in [0.15, 0.2) is 24.4 Å². The van der Waals surface area contributed by atoms with Gasteiger partial charge in [-0.05, 0) is 47.8 Å². The zero-order valence-corrected chi connectivity index (χ0v) is 13.8. The summed E-state index contributed by atoms with van der Waals surface area (Å²) >= 11 is 0. The summed E-state index contributed by atoms with van der Waals surface area (Å²) in [5, 5.41) is 10.2. The van der Waals surface area contributed by atoms with Crippen molar-refractivity contribution < 1.29 is 5.11 Å². The second-order valence-corrected chi connectivity index (χ2v) is 7.43. The van der Waals surface area contributed by atoms with Crippen LogP contribution in [-0.4, -0.2) is 15.1 Å². The van der Waals surface area contributed by atoms with Crippen molar-refractivity contribution in [1.82, 2.24) is 9.97 Å². The smallest absolute Gasteiger partial charge is 0.159 e. The molecule has 0 amide bonds. The molecule has 0 fully saturated rings. The van der Waals surface area contributed by atoms with E-state index in [4.69, 9.17) is 4.98 Å². The molecule has 2 aromatic rings. The Hall–Kier alpha value is -1.90. The number of phenolic OH excluding ortho intramolecular Hbond substituents is 1. The summed E-state index contributed by atoms with van der Waals surface area (Å²) < 4.78 is 0. The minimum Gasteiger partial charge on any atom is -0.508 e. The number of fused-ring (bicyclic) bond motifs is 1. The zero-order chi connectivity index (χ0) is 15.9. The molecule has 0 saturated carbocycles. The van der Waals surface area contributed by atoms with Crippen molar-refractivity contribution in [3.05, 3.63) is 41.2 Å². The second kappa shape index (κ2) is 5.38. The van der Waals surface area contributed by atoms with Gasteiger partial charge < -0.3 is 5.11 Å². The lowest BCUT2D eigenvalue weighted by molar-refractivity contribution is 0.310. The summed E-state index contributed by atoms with van der Waals surface area (Å²) in [5.41, 5.74) is 4.58. The quantitative estimate of drug-likeness (QED) is 0.888. The summed E-state index contributed by atoms with van der Waals surface area (Å²) in [6.07, 6.45) is 5.20. The Kier molecular flexibility index (Phi) is 3.67. The fourth-order valence-electron chi connectivity index (χ4n) is 3.13. The predicted molar refractivity (Wildman–Crippen MR) is 89.0 cm³/mol. The van der Waals surface area contributed by atoms with Gasteiger partial charge in [0.05, 0.1) is 0 Å². The van der Waals surface area contributed by atoms with Crippen molar-refractivity contribution in [3.63, 3.8) is 0 Å². The molecule has 3 heteroatoms. The van der Waals surface area contributed by atoms with Gasteiger partial charge in [0, 0.05) is 17.5 Å². The largest absolute Gasteiger partial charge is 0.508 e. The van der Waals surface area contributed by atoms with Crippen LogP contribution in [0.4, 0.5) is 0 Å². The van der Waals surface area contributed by atoms with E-state index < -0.39 is 0 Å². The van der Waals surface area contributed by atoms with Gasteiger partial charge in [-0.15, -0.1) is 0 Å². The number of hydrogen-bond acceptors (Lipinski definition) is 3. The van der Waals surface area contributed by atoms with Crippen molar-refractivity contribution >= 4 is 0 Å². The molecule has 3 rings (SSSR count). The molecule has 1 aromatic carbocycles. The molecule has 0 aliphatic heterocycles. The lowest BCUT2D eigenvalue weighted by atomic mass is 9.77. The van der Waals surface area contributed by atoms with Crippen LogP contribution in [0.5, 0.6) is 5.75 Å². The molecule has 0 unspecified atom stereocenters. The van der Waals surface area contributed by atoms with E-state index >= 15 is 0 Å². The molecule has 1 aliphatic rings. The molecule has 1 N–H and O–H groups in total. The molecule has 116 valence electrons. The number of aromatic nitrogens is 2. The summed E-state index contributed by atoms with van der Waals surface area (Å²) in [5.74, 6) is 1.34. The molecular weight excluding hydrogens is 272 g/mol. The number of nitrogens with zero attached hydrogens (tertiary/aromatic N) is 2. The summed E-state index contributed by atoms with van der Waals surface area (Å²) in [4.78, 5) is 9.28. The van der Waals surface area contributed by atoms with Crippen LogP contribution in [0, 0.1) is 5.41 Å². The van der Waals surface area contributed by atoms with Gasteiger partial charge in [-0.25, -0.2) is 9.97 Å². The third kappa shape index (κ3) is 2.85. The van der Waals surface area contributed by atoms with E-state index in [1.54, 1.807) is 6.07 Å². The highest BCUT2D eigenvalue weighted by Gasteiger charge is 2.26. The van der Waals surface area contributed by atoms with E-state index in [0.29, 0.717) is 22.9 Å². The first kappa shape index (κ1) is 15.0. The molecule has 0 bridgehead atoms. The normalized spacial score (nSPS) is 16.6. The first-order chi connectivity index (χ1) is 10.4. The van der Waals surface area contributed by atoms with Crippen LogP contribution in [0.3, 0.4) is 0 Å². The van der Waals surface area contributed by atoms with Crippen LogP contribution < -0.4 is 0 Å². The number of rotatable bonds is 2. The van der Waals surface area contributed by atoms with Crippen LogP contribution in [0.2, 0.25) is 0 Å². The Morgan fingerprint density at radius 1 is 1.23 bits per heavy atom. The van der Waals surface area contributed by atoms with E-state index in [1.165, 1.54) is 12.0 Å². The molecule has 1 aromatic heterocycles. The van der Waals surface area contributed by atoms with Crippen LogP contribution in [0.25, 0.3) is 11.4 Å². The van der Waals surface area contributed by atoms with Crippen molar-refractivity contribution in [1.29, 1.82) is 0 Å². The molecule has 0 radical (unpaired) electrons. The van der Waals surface area contributed by atoms with E-state index in [1.807, 2.05) is 18.3 Å². The molecule has 0 atom stereocenters. The highest BCUT2D eigenvalue weighted by molar-refractivity contribution is 5.59. The maximum absolute atomic E-state index is 10.2. The molecular formula is C19H24N2O. The van der Waals surface area contributed by atoms with Crippen molar-refractivity contribution in [2.24, 2.45) is 5.41 Å². The number of aromatic hydroxyl groups is 1. The fourth-order valence-corrected chi connectivity index (χ4v) is 3.13. The number of benzene rings is 1. The zero-order valence-electron chi connectivity index (χ0n) is 13.8. The number of hydrogen-bond donors (Lipinski definition) is 1. The lowest BCUT2D eigenvalue weighted by Gasteiger charge is -2.30. The highest BCUT2D eigenvalue weighted by atomic mass is 16.3. The van der Waals surface area contributed by atoms with Gasteiger partial charge >= 0.3 is 0 Å². The summed E-state index contributed by atoms with van der Waals surface area (Å²) in [7, 11) is 0. The fraction of sp³-hybridized carbons (Fsp3) is 0.474. The Bertz CT molecular complexity index is 705. The topological polar surface area (TPSA) is 46.0 Å². The highest BCUT2D eigenvalue weighted by Crippen LogP contribution is 2.35. The maximum atomic E-state index is 10.2. The average Bonchev–Trinajstić information content (AvgIpc) is 2.45. The number of phenols is 1. The SMILES string of the molecule is CC(C)c1ccc(-c2ncc3c(n2)CC(C)(C)CC3)cc1O. The van der Waals surface area contributed by atoms with E-state index in [0.717, 1.165) is 29.7 Å². The lowest BCUT2D eigenvalue weighted by Crippen LogP contribution is -2.23. The van der Waals surface area contributed by atoms with Crippen molar-refractivity contribution in [3.8, 4) is 17.1 Å². The van der Waals surface area contributed by atoms with Gasteiger partial charge in [0.25, 0.3) is 0 Å². The Labute approximate surface area is 132 Å². The first-order valence-corrected chi connectivity index (χ1v) is 8.04. The van der Waals surface area contributed by atoms with Crippen LogP contribution in [-0.2, 0) is 12.8 Å². The van der Waals surface area contributed by atoms with E-state index in [9.17, 15) is 5.11 Å². The van der Waals surface area contributed by atoms with Gasteiger partial charge in [-0.1, -0.05) is 39.8 Å². The Morgan fingerprint density at radius 2 is 2.00 bits per heavy atom. The maximum Gasteiger partial charge on any atom is 0.159 e. The van der Waals surface area contributed by atoms with E-state index in [-0.39, 0.29) is 0 Å². The Balaban J connectivity index is 1.98. The molecule has 1 aliphatic carbocycles.